The molecule has 3 amide bonds. The summed E-state index contributed by atoms with van der Waals surface area (Å²) in [7, 11) is 0. The van der Waals surface area contributed by atoms with E-state index in [2.05, 4.69) is 9.97 Å². The molecule has 0 spiro atoms. The number of aromatic amines is 1. The molecule has 2 fully saturated rings. The summed E-state index contributed by atoms with van der Waals surface area (Å²) in [5.41, 5.74) is 0.339. The van der Waals surface area contributed by atoms with Gasteiger partial charge in [-0.2, -0.15) is 0 Å². The number of fused-ring (bicyclic) bond motifs is 2. The van der Waals surface area contributed by atoms with Gasteiger partial charge >= 0.3 is 0 Å². The van der Waals surface area contributed by atoms with Crippen molar-refractivity contribution in [1.29, 1.82) is 0 Å². The Morgan fingerprint density at radius 2 is 1.80 bits per heavy atom. The van der Waals surface area contributed by atoms with Gasteiger partial charge in [0.15, 0.2) is 0 Å². The third-order valence-corrected chi connectivity index (χ3v) is 6.22. The van der Waals surface area contributed by atoms with Gasteiger partial charge in [-0.25, -0.2) is 4.98 Å². The minimum atomic E-state index is -0.241. The van der Waals surface area contributed by atoms with Crippen LogP contribution in [0.4, 0.5) is 0 Å². The van der Waals surface area contributed by atoms with Crippen molar-refractivity contribution in [3.8, 4) is 0 Å². The van der Waals surface area contributed by atoms with Crippen LogP contribution in [0, 0.1) is 11.8 Å². The lowest BCUT2D eigenvalue weighted by molar-refractivity contribution is -0.141. The number of H-pyrrole nitrogens is 1. The van der Waals surface area contributed by atoms with Crippen LogP contribution >= 0.6 is 0 Å². The van der Waals surface area contributed by atoms with Gasteiger partial charge in [-0.05, 0) is 31.9 Å². The molecule has 0 unspecified atom stereocenters. The molecule has 158 valence electrons. The van der Waals surface area contributed by atoms with Crippen molar-refractivity contribution < 1.29 is 14.4 Å². The molecule has 8 nitrogen and oxygen atoms in total. The summed E-state index contributed by atoms with van der Waals surface area (Å²) < 4.78 is 0. The van der Waals surface area contributed by atoms with E-state index in [-0.39, 0.29) is 54.6 Å². The lowest BCUT2D eigenvalue weighted by atomic mass is 9.81. The van der Waals surface area contributed by atoms with Crippen molar-refractivity contribution >= 4 is 28.6 Å². The fourth-order valence-corrected chi connectivity index (χ4v) is 4.58. The minimum Gasteiger partial charge on any atom is -0.335 e. The second-order valence-electron chi connectivity index (χ2n) is 8.01. The van der Waals surface area contributed by atoms with Crippen molar-refractivity contribution in [2.75, 3.05) is 13.1 Å². The number of hydrogen-bond donors (Lipinski definition) is 1. The smallest absolute Gasteiger partial charge is 0.258 e. The number of hydrogen-bond acceptors (Lipinski definition) is 5. The molecule has 1 N–H and O–H groups in total. The number of nitrogens with zero attached hydrogens (tertiary/aromatic N) is 3. The first kappa shape index (κ1) is 20.3. The van der Waals surface area contributed by atoms with Crippen LogP contribution in [0.3, 0.4) is 0 Å². The normalized spacial score (nSPS) is 21.2. The molecule has 2 aromatic rings. The molecule has 1 saturated carbocycles. The van der Waals surface area contributed by atoms with Crippen molar-refractivity contribution in [2.24, 2.45) is 11.8 Å². The Balaban J connectivity index is 1.42. The Hall–Kier alpha value is -3.03. The maximum Gasteiger partial charge on any atom is 0.258 e. The number of rotatable bonds is 6. The van der Waals surface area contributed by atoms with E-state index in [1.54, 1.807) is 23.1 Å². The summed E-state index contributed by atoms with van der Waals surface area (Å²) in [6.45, 7) is 2.56. The molecule has 0 radical (unpaired) electrons. The van der Waals surface area contributed by atoms with Crippen LogP contribution in [-0.2, 0) is 20.9 Å². The van der Waals surface area contributed by atoms with E-state index < -0.39 is 0 Å². The van der Waals surface area contributed by atoms with E-state index in [0.717, 1.165) is 25.7 Å². The summed E-state index contributed by atoms with van der Waals surface area (Å²) in [4.78, 5) is 60.2. The summed E-state index contributed by atoms with van der Waals surface area (Å²) in [6, 6.07) is 7.05. The maximum absolute atomic E-state index is 12.8. The topological polar surface area (TPSA) is 103 Å². The number of likely N-dealkylation sites (tertiary alicyclic amines) is 1. The molecular formula is C22H26N4O4. The lowest BCUT2D eigenvalue weighted by Crippen LogP contribution is -2.37. The van der Waals surface area contributed by atoms with Crippen molar-refractivity contribution in [3.63, 3.8) is 0 Å². The number of imide groups is 1. The lowest BCUT2D eigenvalue weighted by Gasteiger charge is -2.22. The molecule has 8 heteroatoms. The minimum absolute atomic E-state index is 0.0720. The Morgan fingerprint density at radius 3 is 2.47 bits per heavy atom. The monoisotopic (exact) mass is 410 g/mol. The molecule has 1 aliphatic heterocycles. The van der Waals surface area contributed by atoms with Crippen LogP contribution in [0.2, 0.25) is 0 Å². The summed E-state index contributed by atoms with van der Waals surface area (Å²) >= 11 is 0. The third-order valence-electron chi connectivity index (χ3n) is 6.22. The predicted molar refractivity (Wildman–Crippen MR) is 110 cm³/mol. The Morgan fingerprint density at radius 1 is 1.13 bits per heavy atom. The summed E-state index contributed by atoms with van der Waals surface area (Å²) in [5, 5.41) is 0.503. The molecule has 4 rings (SSSR count). The highest BCUT2D eigenvalue weighted by Gasteiger charge is 2.47. The first-order valence-corrected chi connectivity index (χ1v) is 10.6. The van der Waals surface area contributed by atoms with Gasteiger partial charge < -0.3 is 9.88 Å². The van der Waals surface area contributed by atoms with E-state index in [4.69, 9.17) is 0 Å². The second kappa shape index (κ2) is 8.38. The Bertz CT molecular complexity index is 1020. The van der Waals surface area contributed by atoms with Crippen LogP contribution in [0.15, 0.2) is 29.1 Å². The number of aromatic nitrogens is 2. The SMILES string of the molecule is CCN(Cc1nc2ccccc2c(=O)[nH]1)C(=O)CCN1C(=O)[C@@H]2CCCC[C@H]2C1=O. The highest BCUT2D eigenvalue weighted by Crippen LogP contribution is 2.38. The van der Waals surface area contributed by atoms with Gasteiger partial charge in [0.1, 0.15) is 5.82 Å². The van der Waals surface area contributed by atoms with Gasteiger partial charge in [0.05, 0.1) is 29.3 Å². The van der Waals surface area contributed by atoms with Crippen LogP contribution < -0.4 is 5.56 Å². The molecule has 1 aromatic carbocycles. The molecule has 30 heavy (non-hydrogen) atoms. The predicted octanol–water partition coefficient (Wildman–Crippen LogP) is 1.84. The van der Waals surface area contributed by atoms with Crippen molar-refractivity contribution in [3.05, 3.63) is 40.4 Å². The van der Waals surface area contributed by atoms with E-state index in [9.17, 15) is 19.2 Å². The van der Waals surface area contributed by atoms with Gasteiger partial charge in [0.2, 0.25) is 17.7 Å². The molecule has 2 aliphatic rings. The fraction of sp³-hybridized carbons (Fsp3) is 0.500. The van der Waals surface area contributed by atoms with E-state index >= 15 is 0 Å². The molecule has 2 heterocycles. The standard InChI is InChI=1S/C22H26N4O4/c1-2-25(13-18-23-17-10-6-5-9-16(17)20(28)24-18)19(27)11-12-26-21(29)14-7-3-4-8-15(14)22(26)30/h5-6,9-10,14-15H,2-4,7-8,11-13H2,1H3,(H,23,24,28)/t14-,15-/m1/s1. The van der Waals surface area contributed by atoms with Crippen LogP contribution in [0.1, 0.15) is 44.9 Å². The first-order chi connectivity index (χ1) is 14.5. The highest BCUT2D eigenvalue weighted by atomic mass is 16.2. The number of benzene rings is 1. The maximum atomic E-state index is 12.8. The summed E-state index contributed by atoms with van der Waals surface area (Å²) in [5.74, 6) is -0.412. The van der Waals surface area contributed by atoms with Gasteiger partial charge in [-0.15, -0.1) is 0 Å². The number of carbonyl (C=O) groups excluding carboxylic acids is 3. The first-order valence-electron chi connectivity index (χ1n) is 10.6. The molecule has 1 aromatic heterocycles. The summed E-state index contributed by atoms with van der Waals surface area (Å²) in [6.07, 6.45) is 3.56. The zero-order valence-corrected chi connectivity index (χ0v) is 17.1. The van der Waals surface area contributed by atoms with Gasteiger partial charge in [-0.3, -0.25) is 24.1 Å². The third kappa shape index (κ3) is 3.74. The van der Waals surface area contributed by atoms with Gasteiger partial charge in [0.25, 0.3) is 5.56 Å². The average Bonchev–Trinajstić information content (AvgIpc) is 3.00. The van der Waals surface area contributed by atoms with E-state index in [1.165, 1.54) is 4.90 Å². The molecule has 2 atom stereocenters. The molecule has 1 saturated heterocycles. The van der Waals surface area contributed by atoms with Crippen LogP contribution in [-0.4, -0.2) is 50.6 Å². The van der Waals surface area contributed by atoms with Gasteiger partial charge in [-0.1, -0.05) is 25.0 Å². The largest absolute Gasteiger partial charge is 0.335 e. The van der Waals surface area contributed by atoms with Crippen molar-refractivity contribution in [2.45, 2.75) is 45.6 Å². The zero-order chi connectivity index (χ0) is 21.3. The van der Waals surface area contributed by atoms with Crippen LogP contribution in [0.5, 0.6) is 0 Å². The molecule has 1 aliphatic carbocycles. The number of carbonyl (C=O) groups is 3. The number of amides is 3. The molecule has 0 bridgehead atoms. The van der Waals surface area contributed by atoms with E-state index in [0.29, 0.717) is 23.3 Å². The quantitative estimate of drug-likeness (QED) is 0.732. The number of nitrogens with one attached hydrogen (secondary N) is 1. The number of para-hydroxylation sites is 1. The zero-order valence-electron chi connectivity index (χ0n) is 17.1. The molecular weight excluding hydrogens is 384 g/mol. The van der Waals surface area contributed by atoms with E-state index in [1.807, 2.05) is 13.0 Å². The fourth-order valence-electron chi connectivity index (χ4n) is 4.58. The second-order valence-corrected chi connectivity index (χ2v) is 8.01. The highest BCUT2D eigenvalue weighted by molar-refractivity contribution is 6.05. The van der Waals surface area contributed by atoms with Gasteiger partial charge in [0, 0.05) is 19.5 Å². The Labute approximate surface area is 174 Å². The average molecular weight is 410 g/mol. The van der Waals surface area contributed by atoms with Crippen LogP contribution in [0.25, 0.3) is 10.9 Å². The Kier molecular flexibility index (Phi) is 5.65. The van der Waals surface area contributed by atoms with Crippen molar-refractivity contribution in [1.82, 2.24) is 19.8 Å².